The number of carbonyl (C=O) groups excluding carboxylic acids is 1. The Balaban J connectivity index is 3.73. The summed E-state index contributed by atoms with van der Waals surface area (Å²) in [4.78, 5) is 11.0. The number of rotatable bonds is 4. The van der Waals surface area contributed by atoms with E-state index in [0.29, 0.717) is 12.1 Å². The number of aliphatic hydroxyl groups excluding tert-OH is 1. The molecule has 0 aromatic rings. The molecular weight excluding hydrogens is 142 g/mol. The first-order chi connectivity index (χ1) is 5.22. The van der Waals surface area contributed by atoms with Crippen molar-refractivity contribution in [3.8, 4) is 0 Å². The van der Waals surface area contributed by atoms with Crippen LogP contribution in [0.5, 0.6) is 0 Å². The lowest BCUT2D eigenvalue weighted by molar-refractivity contribution is -0.117. The molecule has 0 radical (unpaired) electrons. The van der Waals surface area contributed by atoms with E-state index >= 15 is 0 Å². The van der Waals surface area contributed by atoms with Crippen LogP contribution in [0.1, 0.15) is 20.3 Å². The van der Waals surface area contributed by atoms with Crippen molar-refractivity contribution in [2.24, 2.45) is 0 Å². The van der Waals surface area contributed by atoms with Crippen LogP contribution >= 0.6 is 0 Å². The van der Waals surface area contributed by atoms with Crippen LogP contribution in [0.4, 0.5) is 0 Å². The van der Waals surface area contributed by atoms with Crippen molar-refractivity contribution in [3.63, 3.8) is 0 Å². The lowest BCUT2D eigenvalue weighted by Crippen LogP contribution is -2.24. The Morgan fingerprint density at radius 3 is 2.73 bits per heavy atom. The number of amides is 1. The smallest absolute Gasteiger partial charge is 0.246 e. The first-order valence-corrected chi connectivity index (χ1v) is 3.78. The first-order valence-electron chi connectivity index (χ1n) is 3.78. The quantitative estimate of drug-likeness (QED) is 0.582. The third kappa shape index (κ3) is 4.56. The molecule has 0 aromatic heterocycles. The van der Waals surface area contributed by atoms with Gasteiger partial charge in [-0.3, -0.25) is 4.79 Å². The van der Waals surface area contributed by atoms with Crippen LogP contribution in [0, 0.1) is 0 Å². The van der Waals surface area contributed by atoms with Crippen molar-refractivity contribution >= 4 is 5.91 Å². The maximum absolute atomic E-state index is 11.0. The van der Waals surface area contributed by atoms with E-state index in [-0.39, 0.29) is 12.5 Å². The van der Waals surface area contributed by atoms with Crippen molar-refractivity contribution in [1.29, 1.82) is 0 Å². The molecule has 0 aliphatic heterocycles. The predicted molar refractivity (Wildman–Crippen MR) is 44.1 cm³/mol. The van der Waals surface area contributed by atoms with E-state index in [9.17, 15) is 4.79 Å². The van der Waals surface area contributed by atoms with Gasteiger partial charge in [0.05, 0.1) is 6.61 Å². The fourth-order valence-corrected chi connectivity index (χ4v) is 0.608. The molecule has 0 fully saturated rings. The van der Waals surface area contributed by atoms with E-state index in [1.807, 2.05) is 6.92 Å². The third-order valence-electron chi connectivity index (χ3n) is 1.29. The Bertz CT molecular complexity index is 152. The van der Waals surface area contributed by atoms with Gasteiger partial charge in [0, 0.05) is 12.1 Å². The van der Waals surface area contributed by atoms with Gasteiger partial charge in [0.25, 0.3) is 0 Å². The highest BCUT2D eigenvalue weighted by Gasteiger charge is 2.00. The summed E-state index contributed by atoms with van der Waals surface area (Å²) in [5.41, 5.74) is 0.570. The molecular formula is C8H15NO2. The molecule has 0 unspecified atom stereocenters. The summed E-state index contributed by atoms with van der Waals surface area (Å²) < 4.78 is 0. The summed E-state index contributed by atoms with van der Waals surface area (Å²) in [7, 11) is 0. The molecule has 3 nitrogen and oxygen atoms in total. The maximum Gasteiger partial charge on any atom is 0.246 e. The van der Waals surface area contributed by atoms with Crippen molar-refractivity contribution in [3.05, 3.63) is 11.6 Å². The number of hydrogen-bond acceptors (Lipinski definition) is 2. The Morgan fingerprint density at radius 2 is 2.27 bits per heavy atom. The van der Waals surface area contributed by atoms with Crippen LogP contribution in [-0.4, -0.2) is 24.2 Å². The van der Waals surface area contributed by atoms with E-state index in [2.05, 4.69) is 5.32 Å². The first kappa shape index (κ1) is 10.2. The molecule has 11 heavy (non-hydrogen) atoms. The van der Waals surface area contributed by atoms with Crippen LogP contribution < -0.4 is 5.32 Å². The van der Waals surface area contributed by atoms with E-state index in [1.165, 1.54) is 6.08 Å². The zero-order valence-corrected chi connectivity index (χ0v) is 7.05. The van der Waals surface area contributed by atoms with E-state index in [0.717, 1.165) is 6.42 Å². The Labute approximate surface area is 67.1 Å². The van der Waals surface area contributed by atoms with Gasteiger partial charge in [-0.2, -0.15) is 0 Å². The molecule has 64 valence electrons. The number of aliphatic hydroxyl groups is 1. The molecule has 0 saturated carbocycles. The summed E-state index contributed by atoms with van der Waals surface area (Å²) in [6.07, 6.45) is 2.42. The largest absolute Gasteiger partial charge is 0.392 e. The molecule has 2 N–H and O–H groups in total. The van der Waals surface area contributed by atoms with Gasteiger partial charge in [-0.15, -0.1) is 0 Å². The SMILES string of the molecule is CCCNC(=O)C(C)=CCO. The Morgan fingerprint density at radius 1 is 1.64 bits per heavy atom. The average molecular weight is 157 g/mol. The zero-order valence-electron chi connectivity index (χ0n) is 7.05. The fraction of sp³-hybridized carbons (Fsp3) is 0.625. The summed E-state index contributed by atoms with van der Waals surface area (Å²) in [6, 6.07) is 0. The predicted octanol–water partition coefficient (Wildman–Crippen LogP) is 0.451. The third-order valence-corrected chi connectivity index (χ3v) is 1.29. The lowest BCUT2D eigenvalue weighted by atomic mass is 10.2. The van der Waals surface area contributed by atoms with Gasteiger partial charge in [0.1, 0.15) is 0 Å². The zero-order chi connectivity index (χ0) is 8.69. The van der Waals surface area contributed by atoms with Crippen LogP contribution in [0.3, 0.4) is 0 Å². The van der Waals surface area contributed by atoms with Crippen LogP contribution in [-0.2, 0) is 4.79 Å². The van der Waals surface area contributed by atoms with Crippen LogP contribution in [0.2, 0.25) is 0 Å². The number of hydrogen-bond donors (Lipinski definition) is 2. The Hall–Kier alpha value is -0.830. The average Bonchev–Trinajstić information content (AvgIpc) is 2.00. The summed E-state index contributed by atoms with van der Waals surface area (Å²) in [5, 5.41) is 11.2. The minimum Gasteiger partial charge on any atom is -0.392 e. The fourth-order valence-electron chi connectivity index (χ4n) is 0.608. The molecule has 0 spiro atoms. The maximum atomic E-state index is 11.0. The second-order valence-electron chi connectivity index (χ2n) is 2.33. The minimum atomic E-state index is -0.0964. The van der Waals surface area contributed by atoms with Gasteiger partial charge < -0.3 is 10.4 Å². The highest BCUT2D eigenvalue weighted by molar-refractivity contribution is 5.92. The van der Waals surface area contributed by atoms with Gasteiger partial charge in [-0.1, -0.05) is 13.0 Å². The second-order valence-corrected chi connectivity index (χ2v) is 2.33. The highest BCUT2D eigenvalue weighted by Crippen LogP contribution is 1.90. The van der Waals surface area contributed by atoms with Gasteiger partial charge in [0.15, 0.2) is 0 Å². The molecule has 0 saturated heterocycles. The van der Waals surface area contributed by atoms with Crippen molar-refractivity contribution < 1.29 is 9.90 Å². The van der Waals surface area contributed by atoms with Gasteiger partial charge in [-0.25, -0.2) is 0 Å². The van der Waals surface area contributed by atoms with Crippen molar-refractivity contribution in [1.82, 2.24) is 5.32 Å². The highest BCUT2D eigenvalue weighted by atomic mass is 16.2. The monoisotopic (exact) mass is 157 g/mol. The van der Waals surface area contributed by atoms with Gasteiger partial charge >= 0.3 is 0 Å². The summed E-state index contributed by atoms with van der Waals surface area (Å²) >= 11 is 0. The van der Waals surface area contributed by atoms with E-state index in [1.54, 1.807) is 6.92 Å². The summed E-state index contributed by atoms with van der Waals surface area (Å²) in [5.74, 6) is -0.0964. The molecule has 0 aliphatic carbocycles. The molecule has 1 amide bonds. The molecule has 0 bridgehead atoms. The normalized spacial score (nSPS) is 11.4. The standard InChI is InChI=1S/C8H15NO2/c1-3-5-9-8(11)7(2)4-6-10/h4,10H,3,5-6H2,1-2H3,(H,9,11). The molecule has 0 rings (SSSR count). The number of nitrogens with one attached hydrogen (secondary N) is 1. The lowest BCUT2D eigenvalue weighted by Gasteiger charge is -2.01. The topological polar surface area (TPSA) is 49.3 Å². The van der Waals surface area contributed by atoms with E-state index < -0.39 is 0 Å². The van der Waals surface area contributed by atoms with Crippen molar-refractivity contribution in [2.75, 3.05) is 13.2 Å². The van der Waals surface area contributed by atoms with Crippen LogP contribution in [0.15, 0.2) is 11.6 Å². The molecule has 0 aliphatic rings. The van der Waals surface area contributed by atoms with Crippen molar-refractivity contribution in [2.45, 2.75) is 20.3 Å². The Kier molecular flexibility index (Phi) is 5.47. The molecule has 0 atom stereocenters. The van der Waals surface area contributed by atoms with E-state index in [4.69, 9.17) is 5.11 Å². The second kappa shape index (κ2) is 5.92. The van der Waals surface area contributed by atoms with Crippen LogP contribution in [0.25, 0.3) is 0 Å². The molecule has 0 aromatic carbocycles. The number of carbonyl (C=O) groups is 1. The minimum absolute atomic E-state index is 0.0780. The van der Waals surface area contributed by atoms with Gasteiger partial charge in [0.2, 0.25) is 5.91 Å². The summed E-state index contributed by atoms with van der Waals surface area (Å²) in [6.45, 7) is 4.29. The molecule has 0 heterocycles. The van der Waals surface area contributed by atoms with Gasteiger partial charge in [-0.05, 0) is 13.3 Å². The molecule has 3 heteroatoms.